The van der Waals surface area contributed by atoms with Gasteiger partial charge in [0.2, 0.25) is 11.9 Å². The summed E-state index contributed by atoms with van der Waals surface area (Å²) in [6, 6.07) is 1.53. The second kappa shape index (κ2) is 4.42. The van der Waals surface area contributed by atoms with Crippen LogP contribution in [0.4, 0.5) is 10.2 Å². The van der Waals surface area contributed by atoms with E-state index in [4.69, 9.17) is 0 Å². The fourth-order valence-electron chi connectivity index (χ4n) is 1.33. The summed E-state index contributed by atoms with van der Waals surface area (Å²) in [6.45, 7) is 0.174. The van der Waals surface area contributed by atoms with Gasteiger partial charge in [0.25, 0.3) is 0 Å². The molecule has 0 aromatic carbocycles. The predicted octanol–water partition coefficient (Wildman–Crippen LogP) is 0.330. The van der Waals surface area contributed by atoms with E-state index in [9.17, 15) is 9.18 Å². The molecule has 5 nitrogen and oxygen atoms in total. The first-order valence-electron chi connectivity index (χ1n) is 5.13. The lowest BCUT2D eigenvalue weighted by molar-refractivity contribution is -0.119. The molecule has 1 saturated carbocycles. The number of amides is 1. The number of halogens is 1. The summed E-state index contributed by atoms with van der Waals surface area (Å²) in [5.74, 6) is -0.262. The number of carbonyl (C=O) groups excluding carboxylic acids is 1. The Kier molecular flexibility index (Phi) is 2.98. The number of nitrogens with zero attached hydrogens (tertiary/aromatic N) is 3. The quantitative estimate of drug-likeness (QED) is 0.749. The van der Waals surface area contributed by atoms with Crippen LogP contribution in [0.2, 0.25) is 0 Å². The average Bonchev–Trinajstić information content (AvgIpc) is 3.01. The Morgan fingerprint density at radius 1 is 1.62 bits per heavy atom. The summed E-state index contributed by atoms with van der Waals surface area (Å²) < 4.78 is 12.8. The molecule has 0 spiro atoms. The van der Waals surface area contributed by atoms with Crippen molar-refractivity contribution in [3.05, 3.63) is 18.3 Å². The summed E-state index contributed by atoms with van der Waals surface area (Å²) >= 11 is 0. The van der Waals surface area contributed by atoms with Gasteiger partial charge in [0, 0.05) is 19.2 Å². The highest BCUT2D eigenvalue weighted by Crippen LogP contribution is 2.18. The van der Waals surface area contributed by atoms with Crippen LogP contribution in [0.1, 0.15) is 12.8 Å². The Hall–Kier alpha value is -1.72. The van der Waals surface area contributed by atoms with Gasteiger partial charge < -0.3 is 10.2 Å². The molecule has 1 amide bonds. The molecular weight excluding hydrogens is 211 g/mol. The van der Waals surface area contributed by atoms with Crippen molar-refractivity contribution in [1.82, 2.24) is 15.3 Å². The standard InChI is InChI=1S/C10H13FN4O/c1-15(5-10(16)14-7-2-3-7)9-4-8(11)12-6-13-9/h4,6-7H,2-3,5H2,1H3,(H,14,16). The van der Waals surface area contributed by atoms with E-state index in [1.807, 2.05) is 0 Å². The zero-order valence-corrected chi connectivity index (χ0v) is 8.98. The van der Waals surface area contributed by atoms with E-state index in [1.54, 1.807) is 11.9 Å². The number of anilines is 1. The molecule has 1 heterocycles. The van der Waals surface area contributed by atoms with Gasteiger partial charge in [-0.25, -0.2) is 9.97 Å². The number of rotatable bonds is 4. The molecule has 86 valence electrons. The van der Waals surface area contributed by atoms with Crippen LogP contribution in [-0.2, 0) is 4.79 Å². The van der Waals surface area contributed by atoms with Crippen LogP contribution >= 0.6 is 0 Å². The molecule has 2 rings (SSSR count). The summed E-state index contributed by atoms with van der Waals surface area (Å²) in [4.78, 5) is 20.3. The van der Waals surface area contributed by atoms with Gasteiger partial charge >= 0.3 is 0 Å². The molecule has 1 aromatic rings. The third kappa shape index (κ3) is 2.88. The lowest BCUT2D eigenvalue weighted by Gasteiger charge is -2.17. The van der Waals surface area contributed by atoms with E-state index >= 15 is 0 Å². The Balaban J connectivity index is 1.91. The van der Waals surface area contributed by atoms with Crippen molar-refractivity contribution < 1.29 is 9.18 Å². The Morgan fingerprint density at radius 3 is 3.00 bits per heavy atom. The Labute approximate surface area is 92.7 Å². The van der Waals surface area contributed by atoms with Crippen molar-refractivity contribution in [3.63, 3.8) is 0 Å². The normalized spacial score (nSPS) is 14.6. The van der Waals surface area contributed by atoms with Crippen molar-refractivity contribution >= 4 is 11.7 Å². The first kappa shape index (κ1) is 10.8. The van der Waals surface area contributed by atoms with Crippen LogP contribution in [0, 0.1) is 5.95 Å². The number of carbonyl (C=O) groups is 1. The van der Waals surface area contributed by atoms with Crippen LogP contribution in [0.15, 0.2) is 12.4 Å². The molecule has 16 heavy (non-hydrogen) atoms. The van der Waals surface area contributed by atoms with Crippen molar-refractivity contribution in [1.29, 1.82) is 0 Å². The van der Waals surface area contributed by atoms with Gasteiger partial charge in [0.05, 0.1) is 6.54 Å². The molecule has 1 N–H and O–H groups in total. The minimum Gasteiger partial charge on any atom is -0.352 e. The Bertz CT molecular complexity index is 394. The van der Waals surface area contributed by atoms with Crippen LogP contribution in [0.5, 0.6) is 0 Å². The van der Waals surface area contributed by atoms with Crippen molar-refractivity contribution in [2.24, 2.45) is 0 Å². The third-order valence-electron chi connectivity index (χ3n) is 2.33. The topological polar surface area (TPSA) is 58.1 Å². The zero-order chi connectivity index (χ0) is 11.5. The van der Waals surface area contributed by atoms with Crippen molar-refractivity contribution in [2.45, 2.75) is 18.9 Å². The molecular formula is C10H13FN4O. The van der Waals surface area contributed by atoms with E-state index in [1.165, 1.54) is 6.07 Å². The summed E-state index contributed by atoms with van der Waals surface area (Å²) in [5.41, 5.74) is 0. The number of nitrogens with one attached hydrogen (secondary N) is 1. The van der Waals surface area contributed by atoms with Crippen LogP contribution < -0.4 is 10.2 Å². The van der Waals surface area contributed by atoms with Gasteiger partial charge in [-0.3, -0.25) is 4.79 Å². The van der Waals surface area contributed by atoms with Gasteiger partial charge in [-0.2, -0.15) is 4.39 Å². The van der Waals surface area contributed by atoms with Gasteiger partial charge in [0.15, 0.2) is 0 Å². The van der Waals surface area contributed by atoms with E-state index < -0.39 is 5.95 Å². The highest BCUT2D eigenvalue weighted by atomic mass is 19.1. The van der Waals surface area contributed by atoms with Gasteiger partial charge in [-0.15, -0.1) is 0 Å². The third-order valence-corrected chi connectivity index (χ3v) is 2.33. The molecule has 1 aliphatic carbocycles. The van der Waals surface area contributed by atoms with Crippen LogP contribution in [-0.4, -0.2) is 35.5 Å². The van der Waals surface area contributed by atoms with E-state index in [0.717, 1.165) is 19.2 Å². The van der Waals surface area contributed by atoms with Gasteiger partial charge in [-0.1, -0.05) is 0 Å². The molecule has 1 aliphatic rings. The zero-order valence-electron chi connectivity index (χ0n) is 8.98. The molecule has 6 heteroatoms. The molecule has 1 aromatic heterocycles. The number of likely N-dealkylation sites (N-methyl/N-ethyl adjacent to an activating group) is 1. The van der Waals surface area contributed by atoms with Gasteiger partial charge in [-0.05, 0) is 12.8 Å². The highest BCUT2D eigenvalue weighted by molar-refractivity contribution is 5.81. The first-order chi connectivity index (χ1) is 7.65. The van der Waals surface area contributed by atoms with Crippen LogP contribution in [0.3, 0.4) is 0 Å². The number of hydrogen-bond donors (Lipinski definition) is 1. The number of hydrogen-bond acceptors (Lipinski definition) is 4. The van der Waals surface area contributed by atoms with Gasteiger partial charge in [0.1, 0.15) is 12.1 Å². The fourth-order valence-corrected chi connectivity index (χ4v) is 1.33. The summed E-state index contributed by atoms with van der Waals surface area (Å²) in [6.07, 6.45) is 3.25. The molecule has 0 bridgehead atoms. The molecule has 0 atom stereocenters. The SMILES string of the molecule is CN(CC(=O)NC1CC1)c1cc(F)ncn1. The van der Waals surface area contributed by atoms with Crippen LogP contribution in [0.25, 0.3) is 0 Å². The monoisotopic (exact) mass is 224 g/mol. The molecule has 0 radical (unpaired) electrons. The second-order valence-corrected chi connectivity index (χ2v) is 3.90. The largest absolute Gasteiger partial charge is 0.352 e. The average molecular weight is 224 g/mol. The number of aromatic nitrogens is 2. The second-order valence-electron chi connectivity index (χ2n) is 3.90. The molecule has 0 aliphatic heterocycles. The molecule has 0 unspecified atom stereocenters. The summed E-state index contributed by atoms with van der Waals surface area (Å²) in [5, 5.41) is 2.85. The van der Waals surface area contributed by atoms with E-state index in [0.29, 0.717) is 11.9 Å². The highest BCUT2D eigenvalue weighted by Gasteiger charge is 2.23. The molecule has 0 saturated heterocycles. The van der Waals surface area contributed by atoms with Crippen molar-refractivity contribution in [2.75, 3.05) is 18.5 Å². The molecule has 1 fully saturated rings. The maximum absolute atomic E-state index is 12.8. The smallest absolute Gasteiger partial charge is 0.239 e. The minimum absolute atomic E-state index is 0.0657. The maximum Gasteiger partial charge on any atom is 0.239 e. The summed E-state index contributed by atoms with van der Waals surface area (Å²) in [7, 11) is 1.69. The first-order valence-corrected chi connectivity index (χ1v) is 5.13. The predicted molar refractivity (Wildman–Crippen MR) is 56.4 cm³/mol. The maximum atomic E-state index is 12.8. The van der Waals surface area contributed by atoms with Crippen molar-refractivity contribution in [3.8, 4) is 0 Å². The van der Waals surface area contributed by atoms with E-state index in [-0.39, 0.29) is 12.5 Å². The van der Waals surface area contributed by atoms with E-state index in [2.05, 4.69) is 15.3 Å². The lowest BCUT2D eigenvalue weighted by Crippen LogP contribution is -2.36. The Morgan fingerprint density at radius 2 is 2.38 bits per heavy atom. The fraction of sp³-hybridized carbons (Fsp3) is 0.500. The minimum atomic E-state index is -0.598. The lowest BCUT2D eigenvalue weighted by atomic mass is 10.4.